The average molecular weight is 629 g/mol. The van der Waals surface area contributed by atoms with Crippen LogP contribution in [0.25, 0.3) is 11.4 Å². The maximum Gasteiger partial charge on any atom is 0.281 e. The van der Waals surface area contributed by atoms with Crippen molar-refractivity contribution >= 4 is 35.4 Å². The first-order chi connectivity index (χ1) is 21.7. The largest absolute Gasteiger partial charge is 0.378 e. The fourth-order valence-electron chi connectivity index (χ4n) is 5.68. The van der Waals surface area contributed by atoms with Crippen molar-refractivity contribution in [1.29, 1.82) is 0 Å². The Morgan fingerprint density at radius 2 is 1.64 bits per heavy atom. The summed E-state index contributed by atoms with van der Waals surface area (Å²) in [5.41, 5.74) is 4.98. The van der Waals surface area contributed by atoms with Crippen LogP contribution in [0.1, 0.15) is 44.7 Å². The van der Waals surface area contributed by atoms with Gasteiger partial charge in [0.05, 0.1) is 24.7 Å². The summed E-state index contributed by atoms with van der Waals surface area (Å²) in [5, 5.41) is 0. The number of nitrogens with two attached hydrogens (primary N) is 1. The lowest BCUT2D eigenvalue weighted by atomic mass is 10.1. The molecular formula is C29H38F2N10O4. The molecule has 1 atom stereocenters. The van der Waals surface area contributed by atoms with E-state index in [0.717, 1.165) is 0 Å². The Labute approximate surface area is 259 Å². The maximum atomic E-state index is 13.9. The number of hydrogen-bond acceptors (Lipinski definition) is 12. The van der Waals surface area contributed by atoms with E-state index in [-0.39, 0.29) is 47.3 Å². The Kier molecular flexibility index (Phi) is 10.4. The summed E-state index contributed by atoms with van der Waals surface area (Å²) in [7, 11) is 0. The third-order valence-corrected chi connectivity index (χ3v) is 8.12. The number of rotatable bonds is 10. The third-order valence-electron chi connectivity index (χ3n) is 8.12. The Morgan fingerprint density at radius 1 is 0.956 bits per heavy atom. The van der Waals surface area contributed by atoms with Crippen molar-refractivity contribution in [3.8, 4) is 11.4 Å². The SMILES string of the molecule is C/C=C/C(=O)CCCC(=O)N1CC[C@@H](C(=O)N2CCN(c3nc(-c4cnc(N)nc4C(F)F)nc(N4CCOCC4)n3)CC2)C1. The number of amides is 2. The zero-order valence-electron chi connectivity index (χ0n) is 25.3. The second-order valence-electron chi connectivity index (χ2n) is 11.1. The summed E-state index contributed by atoms with van der Waals surface area (Å²) in [6, 6.07) is 0. The first-order valence-corrected chi connectivity index (χ1v) is 15.2. The molecule has 2 aromatic heterocycles. The van der Waals surface area contributed by atoms with Gasteiger partial charge < -0.3 is 30.1 Å². The summed E-state index contributed by atoms with van der Waals surface area (Å²) < 4.78 is 33.2. The second-order valence-corrected chi connectivity index (χ2v) is 11.1. The van der Waals surface area contributed by atoms with Crippen LogP contribution >= 0.6 is 0 Å². The number of hydrogen-bond donors (Lipinski definition) is 1. The standard InChI is InChI=1S/C29H38F2N10O4/c1-2-4-20(42)5-3-6-22(43)41-8-7-19(18-41)26(44)38-9-11-39(12-10-38)28-35-25(21-17-33-27(32)34-23(21)24(30)31)36-29(37-28)40-13-15-45-16-14-40/h2,4,17,19,24H,3,5-16,18H2,1H3,(H2,32,33,34)/b4-2+/t19-/m1/s1. The van der Waals surface area contributed by atoms with Gasteiger partial charge in [0, 0.05) is 71.4 Å². The number of ether oxygens (including phenoxy) is 1. The highest BCUT2D eigenvalue weighted by molar-refractivity contribution is 5.90. The summed E-state index contributed by atoms with van der Waals surface area (Å²) in [4.78, 5) is 66.4. The molecule has 3 fully saturated rings. The number of likely N-dealkylation sites (tertiary alicyclic amines) is 1. The minimum Gasteiger partial charge on any atom is -0.378 e. The number of alkyl halides is 2. The Balaban J connectivity index is 1.24. The first kappa shape index (κ1) is 32.1. The molecule has 14 nitrogen and oxygen atoms in total. The molecule has 0 radical (unpaired) electrons. The van der Waals surface area contributed by atoms with Crippen molar-refractivity contribution in [2.45, 2.75) is 39.0 Å². The Morgan fingerprint density at radius 3 is 2.31 bits per heavy atom. The number of aromatic nitrogens is 5. The molecule has 2 N–H and O–H groups in total. The van der Waals surface area contributed by atoms with Crippen LogP contribution in [0.5, 0.6) is 0 Å². The van der Waals surface area contributed by atoms with Crippen LogP contribution in [-0.4, -0.2) is 118 Å². The molecule has 0 aliphatic carbocycles. The predicted octanol–water partition coefficient (Wildman–Crippen LogP) is 1.50. The van der Waals surface area contributed by atoms with Gasteiger partial charge >= 0.3 is 0 Å². The van der Waals surface area contributed by atoms with E-state index in [1.165, 1.54) is 12.3 Å². The first-order valence-electron chi connectivity index (χ1n) is 15.2. The Bertz CT molecular complexity index is 1410. The van der Waals surface area contributed by atoms with E-state index >= 15 is 0 Å². The molecule has 0 spiro atoms. The lowest BCUT2D eigenvalue weighted by Crippen LogP contribution is -2.51. The number of carbonyl (C=O) groups excluding carboxylic acids is 3. The summed E-state index contributed by atoms with van der Waals surface area (Å²) in [5.74, 6) is 0.0562. The fourth-order valence-corrected chi connectivity index (χ4v) is 5.68. The van der Waals surface area contributed by atoms with Crippen molar-refractivity contribution in [2.75, 3.05) is 81.1 Å². The van der Waals surface area contributed by atoms with Crippen LogP contribution in [0.2, 0.25) is 0 Å². The minimum atomic E-state index is -2.92. The smallest absolute Gasteiger partial charge is 0.281 e. The van der Waals surface area contributed by atoms with Crippen LogP contribution in [-0.2, 0) is 19.1 Å². The number of nitrogens with zero attached hydrogens (tertiary/aromatic N) is 9. The quantitative estimate of drug-likeness (QED) is 0.378. The number of ketones is 1. The molecule has 5 heterocycles. The molecule has 3 aliphatic heterocycles. The van der Waals surface area contributed by atoms with Gasteiger partial charge in [0.15, 0.2) is 11.6 Å². The summed E-state index contributed by atoms with van der Waals surface area (Å²) >= 11 is 0. The molecule has 0 saturated carbocycles. The third kappa shape index (κ3) is 7.85. The topological polar surface area (TPSA) is 164 Å². The number of morpholine rings is 1. The highest BCUT2D eigenvalue weighted by atomic mass is 19.3. The maximum absolute atomic E-state index is 13.9. The number of anilines is 3. The van der Waals surface area contributed by atoms with Gasteiger partial charge in [-0.25, -0.2) is 18.7 Å². The van der Waals surface area contributed by atoms with Crippen molar-refractivity contribution in [1.82, 2.24) is 34.7 Å². The van der Waals surface area contributed by atoms with Gasteiger partial charge in [0.1, 0.15) is 5.69 Å². The van der Waals surface area contributed by atoms with Gasteiger partial charge in [0.25, 0.3) is 6.43 Å². The van der Waals surface area contributed by atoms with Gasteiger partial charge in [-0.1, -0.05) is 6.08 Å². The van der Waals surface area contributed by atoms with Crippen molar-refractivity contribution < 1.29 is 27.9 Å². The monoisotopic (exact) mass is 628 g/mol. The Hall–Kier alpha value is -4.34. The van der Waals surface area contributed by atoms with Gasteiger partial charge in [0.2, 0.25) is 29.7 Å². The summed E-state index contributed by atoms with van der Waals surface area (Å²) in [6.07, 6.45) is 3.17. The van der Waals surface area contributed by atoms with Crippen LogP contribution in [0.3, 0.4) is 0 Å². The molecule has 5 rings (SSSR count). The summed E-state index contributed by atoms with van der Waals surface area (Å²) in [6.45, 7) is 6.36. The lowest BCUT2D eigenvalue weighted by molar-refractivity contribution is -0.136. The number of carbonyl (C=O) groups is 3. The van der Waals surface area contributed by atoms with E-state index in [2.05, 4.69) is 24.9 Å². The van der Waals surface area contributed by atoms with Gasteiger partial charge in [-0.05, 0) is 25.8 Å². The highest BCUT2D eigenvalue weighted by Crippen LogP contribution is 2.30. The van der Waals surface area contributed by atoms with Crippen LogP contribution in [0, 0.1) is 5.92 Å². The van der Waals surface area contributed by atoms with Gasteiger partial charge in [-0.2, -0.15) is 15.0 Å². The van der Waals surface area contributed by atoms with E-state index in [9.17, 15) is 23.2 Å². The molecule has 2 amide bonds. The number of piperazine rings is 1. The molecule has 242 valence electrons. The average Bonchev–Trinajstić information content (AvgIpc) is 3.55. The van der Waals surface area contributed by atoms with E-state index in [1.807, 2.05) is 9.80 Å². The normalized spacial score (nSPS) is 19.2. The molecule has 2 aromatic rings. The molecule has 0 unspecified atom stereocenters. The molecule has 0 aromatic carbocycles. The van der Waals surface area contributed by atoms with E-state index in [0.29, 0.717) is 96.7 Å². The zero-order chi connectivity index (χ0) is 31.9. The van der Waals surface area contributed by atoms with E-state index in [4.69, 9.17) is 10.5 Å². The van der Waals surface area contributed by atoms with E-state index in [1.54, 1.807) is 22.8 Å². The molecule has 16 heteroatoms. The number of allylic oxidation sites excluding steroid dienone is 2. The van der Waals surface area contributed by atoms with Crippen LogP contribution < -0.4 is 15.5 Å². The second kappa shape index (κ2) is 14.6. The molecule has 3 saturated heterocycles. The number of halogens is 2. The van der Waals surface area contributed by atoms with Gasteiger partial charge in [-0.3, -0.25) is 14.4 Å². The molecular weight excluding hydrogens is 590 g/mol. The van der Waals surface area contributed by atoms with Crippen LogP contribution in [0.15, 0.2) is 18.3 Å². The van der Waals surface area contributed by atoms with Crippen molar-refractivity contribution in [3.63, 3.8) is 0 Å². The lowest BCUT2D eigenvalue weighted by Gasteiger charge is -2.36. The van der Waals surface area contributed by atoms with Crippen LogP contribution in [0.4, 0.5) is 26.6 Å². The fraction of sp³-hybridized carbons (Fsp3) is 0.586. The van der Waals surface area contributed by atoms with Gasteiger partial charge in [-0.15, -0.1) is 0 Å². The highest BCUT2D eigenvalue weighted by Gasteiger charge is 2.35. The molecule has 45 heavy (non-hydrogen) atoms. The zero-order valence-corrected chi connectivity index (χ0v) is 25.3. The molecule has 3 aliphatic rings. The number of nitrogen functional groups attached to an aromatic ring is 1. The van der Waals surface area contributed by atoms with Crippen molar-refractivity contribution in [2.24, 2.45) is 5.92 Å². The van der Waals surface area contributed by atoms with Crippen molar-refractivity contribution in [3.05, 3.63) is 24.0 Å². The molecule has 0 bridgehead atoms. The minimum absolute atomic E-state index is 0.000787. The van der Waals surface area contributed by atoms with E-state index < -0.39 is 12.1 Å². The predicted molar refractivity (Wildman–Crippen MR) is 160 cm³/mol.